The molecule has 0 saturated heterocycles. The Morgan fingerprint density at radius 1 is 1.19 bits per heavy atom. The Hall–Kier alpha value is -1.98. The van der Waals surface area contributed by atoms with Gasteiger partial charge in [0.15, 0.2) is 5.75 Å². The van der Waals surface area contributed by atoms with Gasteiger partial charge in [-0.25, -0.2) is 0 Å². The largest absolute Gasteiger partial charge is 0.573 e. The Balaban J connectivity index is 2.53. The molecule has 6 heteroatoms. The number of hydrogen-bond acceptors (Lipinski definition) is 3. The van der Waals surface area contributed by atoms with Crippen molar-refractivity contribution in [2.45, 2.75) is 6.36 Å². The minimum Gasteiger partial charge on any atom is -0.404 e. The van der Waals surface area contributed by atoms with E-state index in [9.17, 15) is 13.2 Å². The van der Waals surface area contributed by atoms with Gasteiger partial charge in [-0.05, 0) is 24.3 Å². The van der Waals surface area contributed by atoms with Gasteiger partial charge in [-0.1, -0.05) is 0 Å². The summed E-state index contributed by atoms with van der Waals surface area (Å²) in [5.41, 5.74) is 6.02. The molecule has 2 aromatic rings. The minimum absolute atomic E-state index is 0.0667. The van der Waals surface area contributed by atoms with E-state index in [-0.39, 0.29) is 5.69 Å². The first-order valence-corrected chi connectivity index (χ1v) is 4.36. The Morgan fingerprint density at radius 2 is 1.94 bits per heavy atom. The third-order valence-corrected chi connectivity index (χ3v) is 2.01. The zero-order chi connectivity index (χ0) is 11.8. The predicted octanol–water partition coefficient (Wildman–Crippen LogP) is 2.72. The van der Waals surface area contributed by atoms with Crippen LogP contribution in [0.5, 0.6) is 5.75 Å². The van der Waals surface area contributed by atoms with Crippen LogP contribution in [0.4, 0.5) is 18.9 Å². The summed E-state index contributed by atoms with van der Waals surface area (Å²) in [4.78, 5) is 3.96. The number of nitrogen functional groups attached to an aromatic ring is 1. The van der Waals surface area contributed by atoms with Crippen LogP contribution in [0.1, 0.15) is 0 Å². The van der Waals surface area contributed by atoms with E-state index in [1.165, 1.54) is 12.3 Å². The predicted molar refractivity (Wildman–Crippen MR) is 52.8 cm³/mol. The Morgan fingerprint density at radius 3 is 2.62 bits per heavy atom. The summed E-state index contributed by atoms with van der Waals surface area (Å²) in [7, 11) is 0. The number of rotatable bonds is 1. The second-order valence-corrected chi connectivity index (χ2v) is 3.10. The topological polar surface area (TPSA) is 48.1 Å². The van der Waals surface area contributed by atoms with Gasteiger partial charge in [0, 0.05) is 11.6 Å². The van der Waals surface area contributed by atoms with Gasteiger partial charge in [0.1, 0.15) is 0 Å². The van der Waals surface area contributed by atoms with Crippen LogP contribution in [0.3, 0.4) is 0 Å². The number of nitrogens with two attached hydrogens (primary N) is 1. The van der Waals surface area contributed by atoms with Crippen LogP contribution in [-0.4, -0.2) is 11.3 Å². The lowest BCUT2D eigenvalue weighted by molar-refractivity contribution is -0.274. The maximum absolute atomic E-state index is 12.0. The number of pyridine rings is 1. The van der Waals surface area contributed by atoms with Gasteiger partial charge in [-0.15, -0.1) is 13.2 Å². The van der Waals surface area contributed by atoms with Crippen LogP contribution in [0.15, 0.2) is 30.5 Å². The highest BCUT2D eigenvalue weighted by Gasteiger charge is 2.32. The molecule has 1 heterocycles. The molecule has 16 heavy (non-hydrogen) atoms. The van der Waals surface area contributed by atoms with Crippen molar-refractivity contribution < 1.29 is 17.9 Å². The second-order valence-electron chi connectivity index (χ2n) is 3.10. The third-order valence-electron chi connectivity index (χ3n) is 2.01. The summed E-state index contributed by atoms with van der Waals surface area (Å²) < 4.78 is 39.9. The SMILES string of the molecule is Nc1c(OC(F)(F)F)ccc2ncccc12. The van der Waals surface area contributed by atoms with Crippen molar-refractivity contribution in [2.24, 2.45) is 0 Å². The van der Waals surface area contributed by atoms with Crippen molar-refractivity contribution >= 4 is 16.6 Å². The Labute approximate surface area is 88.6 Å². The van der Waals surface area contributed by atoms with Gasteiger partial charge in [0.2, 0.25) is 0 Å². The summed E-state index contributed by atoms with van der Waals surface area (Å²) in [6.07, 6.45) is -3.21. The van der Waals surface area contributed by atoms with Gasteiger partial charge in [-0.3, -0.25) is 4.98 Å². The standard InChI is InChI=1S/C10H7F3N2O/c11-10(12,13)16-8-4-3-7-6(9(8)14)2-1-5-15-7/h1-5H,14H2. The first-order chi connectivity index (χ1) is 7.47. The molecule has 0 aliphatic carbocycles. The smallest absolute Gasteiger partial charge is 0.404 e. The molecule has 0 fully saturated rings. The zero-order valence-corrected chi connectivity index (χ0v) is 7.95. The van der Waals surface area contributed by atoms with Gasteiger partial charge in [0.05, 0.1) is 11.2 Å². The van der Waals surface area contributed by atoms with E-state index in [0.717, 1.165) is 6.07 Å². The van der Waals surface area contributed by atoms with Crippen molar-refractivity contribution in [1.29, 1.82) is 0 Å². The van der Waals surface area contributed by atoms with Gasteiger partial charge in [0.25, 0.3) is 0 Å². The molecule has 0 aliphatic heterocycles. The number of aromatic nitrogens is 1. The number of anilines is 1. The number of hydrogen-bond donors (Lipinski definition) is 1. The summed E-state index contributed by atoms with van der Waals surface area (Å²) in [5.74, 6) is -0.409. The van der Waals surface area contributed by atoms with Crippen molar-refractivity contribution in [3.05, 3.63) is 30.5 Å². The lowest BCUT2D eigenvalue weighted by Gasteiger charge is -2.12. The molecule has 2 rings (SSSR count). The van der Waals surface area contributed by atoms with Gasteiger partial charge >= 0.3 is 6.36 Å². The normalized spacial score (nSPS) is 11.7. The quantitative estimate of drug-likeness (QED) is 0.763. The number of nitrogens with zero attached hydrogens (tertiary/aromatic N) is 1. The third kappa shape index (κ3) is 2.00. The van der Waals surface area contributed by atoms with Crippen molar-refractivity contribution in [3.8, 4) is 5.75 Å². The monoisotopic (exact) mass is 228 g/mol. The average Bonchev–Trinajstić information content (AvgIpc) is 2.21. The highest BCUT2D eigenvalue weighted by molar-refractivity contribution is 5.93. The van der Waals surface area contributed by atoms with E-state index in [0.29, 0.717) is 10.9 Å². The molecule has 0 saturated carbocycles. The molecule has 0 spiro atoms. The lowest BCUT2D eigenvalue weighted by atomic mass is 10.2. The molecular formula is C10H7F3N2O. The molecule has 2 N–H and O–H groups in total. The summed E-state index contributed by atoms with van der Waals surface area (Å²) in [6.45, 7) is 0. The van der Waals surface area contributed by atoms with Crippen LogP contribution in [0.2, 0.25) is 0 Å². The molecule has 0 aliphatic rings. The maximum atomic E-state index is 12.0. The maximum Gasteiger partial charge on any atom is 0.573 e. The lowest BCUT2D eigenvalue weighted by Crippen LogP contribution is -2.18. The van der Waals surface area contributed by atoms with E-state index in [2.05, 4.69) is 9.72 Å². The first-order valence-electron chi connectivity index (χ1n) is 4.36. The molecule has 3 nitrogen and oxygen atoms in total. The van der Waals surface area contributed by atoms with Crippen molar-refractivity contribution in [3.63, 3.8) is 0 Å². The van der Waals surface area contributed by atoms with E-state index < -0.39 is 12.1 Å². The van der Waals surface area contributed by atoms with Crippen LogP contribution in [-0.2, 0) is 0 Å². The highest BCUT2D eigenvalue weighted by Crippen LogP contribution is 2.33. The second kappa shape index (κ2) is 3.55. The molecular weight excluding hydrogens is 221 g/mol. The van der Waals surface area contributed by atoms with E-state index >= 15 is 0 Å². The zero-order valence-electron chi connectivity index (χ0n) is 7.95. The number of fused-ring (bicyclic) bond motifs is 1. The molecule has 1 aromatic heterocycles. The van der Waals surface area contributed by atoms with Crippen LogP contribution >= 0.6 is 0 Å². The molecule has 0 amide bonds. The fraction of sp³-hybridized carbons (Fsp3) is 0.100. The molecule has 0 radical (unpaired) electrons. The fourth-order valence-corrected chi connectivity index (χ4v) is 1.37. The van der Waals surface area contributed by atoms with Crippen molar-refractivity contribution in [1.82, 2.24) is 4.98 Å². The summed E-state index contributed by atoms with van der Waals surface area (Å²) in [6, 6.07) is 5.75. The molecule has 0 atom stereocenters. The Bertz CT molecular complexity index is 525. The van der Waals surface area contributed by atoms with Crippen LogP contribution in [0.25, 0.3) is 10.9 Å². The van der Waals surface area contributed by atoms with E-state index in [1.54, 1.807) is 12.1 Å². The summed E-state index contributed by atoms with van der Waals surface area (Å²) in [5, 5.41) is 0.434. The minimum atomic E-state index is -4.75. The van der Waals surface area contributed by atoms with Crippen LogP contribution < -0.4 is 10.5 Å². The summed E-state index contributed by atoms with van der Waals surface area (Å²) >= 11 is 0. The molecule has 1 aromatic carbocycles. The van der Waals surface area contributed by atoms with Crippen LogP contribution in [0, 0.1) is 0 Å². The molecule has 0 unspecified atom stereocenters. The van der Waals surface area contributed by atoms with Crippen molar-refractivity contribution in [2.75, 3.05) is 5.73 Å². The van der Waals surface area contributed by atoms with E-state index in [1.807, 2.05) is 0 Å². The average molecular weight is 228 g/mol. The Kier molecular flexibility index (Phi) is 2.34. The van der Waals surface area contributed by atoms with Gasteiger partial charge < -0.3 is 10.5 Å². The number of halogens is 3. The number of ether oxygens (including phenoxy) is 1. The van der Waals surface area contributed by atoms with Gasteiger partial charge in [-0.2, -0.15) is 0 Å². The highest BCUT2D eigenvalue weighted by atomic mass is 19.4. The number of benzene rings is 1. The molecule has 84 valence electrons. The number of alkyl halides is 3. The van der Waals surface area contributed by atoms with E-state index in [4.69, 9.17) is 5.73 Å². The first kappa shape index (κ1) is 10.5. The molecule has 0 bridgehead atoms. The fourth-order valence-electron chi connectivity index (χ4n) is 1.37.